The first kappa shape index (κ1) is 18.0. The third-order valence-corrected chi connectivity index (χ3v) is 5.66. The molecule has 0 amide bonds. The van der Waals surface area contributed by atoms with Crippen LogP contribution >= 0.6 is 11.6 Å². The lowest BCUT2D eigenvalue weighted by atomic mass is 9.78. The first-order valence-corrected chi connectivity index (χ1v) is 9.51. The van der Waals surface area contributed by atoms with Gasteiger partial charge in [-0.2, -0.15) is 10.1 Å². The van der Waals surface area contributed by atoms with Crippen LogP contribution in [-0.2, 0) is 4.79 Å². The predicted octanol–water partition coefficient (Wildman–Crippen LogP) is 4.63. The van der Waals surface area contributed by atoms with Crippen molar-refractivity contribution < 1.29 is 13.6 Å². The van der Waals surface area contributed by atoms with Gasteiger partial charge in [-0.25, -0.2) is 13.5 Å². The lowest BCUT2D eigenvalue weighted by Gasteiger charge is -2.35. The van der Waals surface area contributed by atoms with Gasteiger partial charge in [-0.3, -0.25) is 4.79 Å². The van der Waals surface area contributed by atoms with E-state index < -0.39 is 17.7 Å². The summed E-state index contributed by atoms with van der Waals surface area (Å²) in [7, 11) is 0. The molecule has 0 saturated carbocycles. The molecule has 0 fully saturated rings. The van der Waals surface area contributed by atoms with Gasteiger partial charge in [0.25, 0.3) is 0 Å². The zero-order valence-electron chi connectivity index (χ0n) is 15.1. The summed E-state index contributed by atoms with van der Waals surface area (Å²) in [6, 6.07) is 9.96. The first-order valence-electron chi connectivity index (χ1n) is 9.14. The van der Waals surface area contributed by atoms with Crippen molar-refractivity contribution in [1.82, 2.24) is 14.8 Å². The fourth-order valence-electron chi connectivity index (χ4n) is 4.16. The van der Waals surface area contributed by atoms with E-state index in [1.54, 1.807) is 12.1 Å². The summed E-state index contributed by atoms with van der Waals surface area (Å²) in [4.78, 5) is 17.4. The van der Waals surface area contributed by atoms with Crippen LogP contribution in [0.3, 0.4) is 0 Å². The smallest absolute Gasteiger partial charge is 0.226 e. The molecule has 0 saturated heterocycles. The van der Waals surface area contributed by atoms with Crippen LogP contribution in [-0.4, -0.2) is 20.5 Å². The third kappa shape index (κ3) is 3.11. The summed E-state index contributed by atoms with van der Waals surface area (Å²) in [6.45, 7) is 0. The minimum absolute atomic E-state index is 0.0228. The number of hydrogen-bond donors (Lipinski definition) is 1. The number of nitrogens with one attached hydrogen (secondary N) is 1. The summed E-state index contributed by atoms with van der Waals surface area (Å²) in [6.07, 6.45) is 2.22. The maximum absolute atomic E-state index is 13.9. The Morgan fingerprint density at radius 2 is 1.76 bits per heavy atom. The van der Waals surface area contributed by atoms with Gasteiger partial charge in [-0.1, -0.05) is 23.7 Å². The maximum atomic E-state index is 13.9. The van der Waals surface area contributed by atoms with E-state index in [2.05, 4.69) is 15.4 Å². The molecule has 1 N–H and O–H groups in total. The van der Waals surface area contributed by atoms with E-state index in [4.69, 9.17) is 11.6 Å². The van der Waals surface area contributed by atoms with Gasteiger partial charge in [0.05, 0.1) is 0 Å². The van der Waals surface area contributed by atoms with Gasteiger partial charge in [0, 0.05) is 28.8 Å². The molecule has 0 spiro atoms. The molecule has 2 atom stereocenters. The number of ketones is 1. The second-order valence-electron chi connectivity index (χ2n) is 7.23. The van der Waals surface area contributed by atoms with Crippen molar-refractivity contribution in [1.29, 1.82) is 0 Å². The number of aromatic nitrogens is 3. The molecule has 1 aliphatic heterocycles. The second kappa shape index (κ2) is 6.77. The molecule has 1 aliphatic carbocycles. The van der Waals surface area contributed by atoms with Crippen LogP contribution in [0.5, 0.6) is 0 Å². The molecule has 2 heterocycles. The first-order chi connectivity index (χ1) is 14.0. The van der Waals surface area contributed by atoms with E-state index in [0.717, 1.165) is 11.6 Å². The number of allylic oxidation sites excluding steroid dienone is 2. The fraction of sp³-hybridized carbons (Fsp3) is 0.190. The monoisotopic (exact) mass is 412 g/mol. The Labute approximate surface area is 170 Å². The number of anilines is 1. The van der Waals surface area contributed by atoms with Crippen molar-refractivity contribution in [2.24, 2.45) is 0 Å². The second-order valence-corrected chi connectivity index (χ2v) is 7.67. The van der Waals surface area contributed by atoms with Gasteiger partial charge in [0.2, 0.25) is 5.95 Å². The van der Waals surface area contributed by atoms with E-state index in [1.165, 1.54) is 23.1 Å². The molecule has 5 rings (SSSR count). The largest absolute Gasteiger partial charge is 0.328 e. The SMILES string of the molecule is O=C1C[C@@H](c2ccc(Cl)cc2)CC2=C1[C@@H](c1cc(F)cc(F)c1)n1ncnc1N2. The van der Waals surface area contributed by atoms with E-state index in [0.29, 0.717) is 40.6 Å². The fourth-order valence-corrected chi connectivity index (χ4v) is 4.29. The van der Waals surface area contributed by atoms with Gasteiger partial charge < -0.3 is 5.32 Å². The zero-order valence-corrected chi connectivity index (χ0v) is 15.8. The van der Waals surface area contributed by atoms with E-state index >= 15 is 0 Å². The van der Waals surface area contributed by atoms with Gasteiger partial charge in [-0.15, -0.1) is 0 Å². The maximum Gasteiger partial charge on any atom is 0.226 e. The van der Waals surface area contributed by atoms with E-state index in [-0.39, 0.29) is 11.7 Å². The van der Waals surface area contributed by atoms with Crippen LogP contribution < -0.4 is 5.32 Å². The van der Waals surface area contributed by atoms with Crippen LogP contribution in [0.1, 0.15) is 35.9 Å². The number of halogens is 3. The number of carbonyl (C=O) groups excluding carboxylic acids is 1. The highest BCUT2D eigenvalue weighted by atomic mass is 35.5. The Bertz CT molecular complexity index is 1140. The quantitative estimate of drug-likeness (QED) is 0.667. The van der Waals surface area contributed by atoms with Crippen LogP contribution in [0.2, 0.25) is 5.02 Å². The zero-order chi connectivity index (χ0) is 20.1. The molecule has 2 aliphatic rings. The van der Waals surface area contributed by atoms with Gasteiger partial charge >= 0.3 is 0 Å². The molecular formula is C21H15ClF2N4O. The Morgan fingerprint density at radius 3 is 2.48 bits per heavy atom. The number of nitrogens with zero attached hydrogens (tertiary/aromatic N) is 3. The highest BCUT2D eigenvalue weighted by molar-refractivity contribution is 6.30. The summed E-state index contributed by atoms with van der Waals surface area (Å²) in [5.74, 6) is -1.09. The summed E-state index contributed by atoms with van der Waals surface area (Å²) in [5.41, 5.74) is 2.51. The van der Waals surface area contributed by atoms with Gasteiger partial charge in [0.15, 0.2) is 5.78 Å². The molecule has 0 radical (unpaired) electrons. The molecule has 5 nitrogen and oxygen atoms in total. The lowest BCUT2D eigenvalue weighted by molar-refractivity contribution is -0.116. The molecule has 29 heavy (non-hydrogen) atoms. The van der Waals surface area contributed by atoms with Crippen LogP contribution in [0.4, 0.5) is 14.7 Å². The predicted molar refractivity (Wildman–Crippen MR) is 104 cm³/mol. The molecule has 8 heteroatoms. The van der Waals surface area contributed by atoms with Crippen molar-refractivity contribution >= 4 is 23.3 Å². The van der Waals surface area contributed by atoms with Crippen LogP contribution in [0.25, 0.3) is 0 Å². The summed E-state index contributed by atoms with van der Waals surface area (Å²) < 4.78 is 29.3. The molecule has 1 aromatic heterocycles. The number of hydrogen-bond acceptors (Lipinski definition) is 4. The number of carbonyl (C=O) groups is 1. The minimum atomic E-state index is -0.729. The molecule has 0 unspecified atom stereocenters. The van der Waals surface area contributed by atoms with Crippen molar-refractivity contribution in [2.45, 2.75) is 24.8 Å². The highest BCUT2D eigenvalue weighted by Crippen LogP contribution is 2.44. The summed E-state index contributed by atoms with van der Waals surface area (Å²) in [5, 5.41) is 8.00. The Morgan fingerprint density at radius 1 is 1.03 bits per heavy atom. The van der Waals surface area contributed by atoms with E-state index in [1.807, 2.05) is 12.1 Å². The van der Waals surface area contributed by atoms with Crippen molar-refractivity contribution in [3.63, 3.8) is 0 Å². The Balaban J connectivity index is 1.61. The average molecular weight is 413 g/mol. The standard InChI is InChI=1S/C21H15ClF2N4O/c22-14-3-1-11(2-4-14)12-7-17-19(18(29)8-12)20(28-21(27-17)25-10-26-28)13-5-15(23)9-16(24)6-13/h1-6,9-10,12,20H,7-8H2,(H,25,26,27)/t12-,20+/m0/s1. The van der Waals surface area contributed by atoms with Gasteiger partial charge in [-0.05, 0) is 47.7 Å². The normalized spacial score (nSPS) is 20.9. The molecule has 3 aromatic rings. The molecule has 0 bridgehead atoms. The van der Waals surface area contributed by atoms with Crippen molar-refractivity contribution in [2.75, 3.05) is 5.32 Å². The number of rotatable bonds is 2. The molecular weight excluding hydrogens is 398 g/mol. The van der Waals surface area contributed by atoms with Gasteiger partial charge in [0.1, 0.15) is 24.0 Å². The van der Waals surface area contributed by atoms with Crippen LogP contribution in [0.15, 0.2) is 60.1 Å². The minimum Gasteiger partial charge on any atom is -0.328 e. The number of benzene rings is 2. The number of fused-ring (bicyclic) bond motifs is 1. The van der Waals surface area contributed by atoms with Crippen LogP contribution in [0, 0.1) is 11.6 Å². The molecule has 146 valence electrons. The Kier molecular flexibility index (Phi) is 4.20. The van der Waals surface area contributed by atoms with Crippen molar-refractivity contribution in [3.05, 3.63) is 87.8 Å². The molecule has 2 aromatic carbocycles. The number of Topliss-reactive ketones (excluding diaryl/α,β-unsaturated/α-hetero) is 1. The topological polar surface area (TPSA) is 59.8 Å². The third-order valence-electron chi connectivity index (χ3n) is 5.40. The van der Waals surface area contributed by atoms with Crippen molar-refractivity contribution in [3.8, 4) is 0 Å². The Hall–Kier alpha value is -3.06. The average Bonchev–Trinajstić information content (AvgIpc) is 3.14. The van der Waals surface area contributed by atoms with E-state index in [9.17, 15) is 13.6 Å². The highest BCUT2D eigenvalue weighted by Gasteiger charge is 2.39. The summed E-state index contributed by atoms with van der Waals surface area (Å²) >= 11 is 5.98. The lowest BCUT2D eigenvalue weighted by Crippen LogP contribution is -2.33.